The zero-order valence-electron chi connectivity index (χ0n) is 15.1. The van der Waals surface area contributed by atoms with Gasteiger partial charge in [0.2, 0.25) is 5.91 Å². The van der Waals surface area contributed by atoms with Crippen molar-refractivity contribution in [1.82, 2.24) is 20.1 Å². The van der Waals surface area contributed by atoms with Crippen LogP contribution in [0.3, 0.4) is 0 Å². The number of hydrogen-bond acceptors (Lipinski definition) is 6. The molecule has 1 unspecified atom stereocenters. The molecule has 0 bridgehead atoms. The van der Waals surface area contributed by atoms with E-state index in [2.05, 4.69) is 10.3 Å². The summed E-state index contributed by atoms with van der Waals surface area (Å²) in [5, 5.41) is 5.60. The van der Waals surface area contributed by atoms with Crippen molar-refractivity contribution in [3.63, 3.8) is 0 Å². The fourth-order valence-electron chi connectivity index (χ4n) is 3.60. The zero-order chi connectivity index (χ0) is 18.1. The van der Waals surface area contributed by atoms with E-state index in [0.29, 0.717) is 42.6 Å². The Balaban J connectivity index is 0.00000210. The first-order valence-electron chi connectivity index (χ1n) is 8.93. The van der Waals surface area contributed by atoms with Gasteiger partial charge in [0.25, 0.3) is 5.91 Å². The first-order valence-corrected chi connectivity index (χ1v) is 9.81. The van der Waals surface area contributed by atoms with Gasteiger partial charge in [-0.1, -0.05) is 0 Å². The fourth-order valence-corrected chi connectivity index (χ4v) is 4.35. The van der Waals surface area contributed by atoms with Gasteiger partial charge >= 0.3 is 0 Å². The largest absolute Gasteiger partial charge is 0.459 e. The molecule has 27 heavy (non-hydrogen) atoms. The molecule has 0 radical (unpaired) electrons. The highest BCUT2D eigenvalue weighted by Crippen LogP contribution is 2.27. The minimum absolute atomic E-state index is 0. The van der Waals surface area contributed by atoms with E-state index in [1.807, 2.05) is 28.9 Å². The summed E-state index contributed by atoms with van der Waals surface area (Å²) < 4.78 is 5.59. The van der Waals surface area contributed by atoms with Gasteiger partial charge in [0.1, 0.15) is 11.5 Å². The van der Waals surface area contributed by atoms with Gasteiger partial charge in [-0.3, -0.25) is 9.59 Å². The number of rotatable bonds is 3. The van der Waals surface area contributed by atoms with Crippen LogP contribution in [0.15, 0.2) is 21.9 Å². The Morgan fingerprint density at radius 1 is 1.37 bits per heavy atom. The average Bonchev–Trinajstić information content (AvgIpc) is 3.30. The van der Waals surface area contributed by atoms with Crippen LogP contribution in [0.1, 0.15) is 29.1 Å². The molecule has 2 amide bonds. The minimum Gasteiger partial charge on any atom is -0.459 e. The molecule has 4 rings (SSSR count). The average molecular weight is 411 g/mol. The second-order valence-corrected chi connectivity index (χ2v) is 7.62. The van der Waals surface area contributed by atoms with Crippen LogP contribution in [0, 0.1) is 6.92 Å². The van der Waals surface area contributed by atoms with Gasteiger partial charge in [0.05, 0.1) is 6.54 Å². The summed E-state index contributed by atoms with van der Waals surface area (Å²) in [6.45, 7) is 5.09. The molecular formula is C18H23ClN4O3S. The highest BCUT2D eigenvalue weighted by molar-refractivity contribution is 7.13. The SMILES string of the molecule is Cc1ccc(-c2nc(C(=O)N3CCCC(N4CCNCC4=O)C3)cs2)o1.Cl. The van der Waals surface area contributed by atoms with Crippen molar-refractivity contribution in [3.8, 4) is 10.8 Å². The van der Waals surface area contributed by atoms with E-state index < -0.39 is 0 Å². The van der Waals surface area contributed by atoms with Crippen molar-refractivity contribution in [2.24, 2.45) is 0 Å². The lowest BCUT2D eigenvalue weighted by atomic mass is 10.0. The van der Waals surface area contributed by atoms with E-state index >= 15 is 0 Å². The van der Waals surface area contributed by atoms with Crippen LogP contribution in [0.5, 0.6) is 0 Å². The molecule has 0 spiro atoms. The highest BCUT2D eigenvalue weighted by Gasteiger charge is 2.32. The molecule has 1 atom stereocenters. The number of furan rings is 1. The number of nitrogens with one attached hydrogen (secondary N) is 1. The first-order chi connectivity index (χ1) is 12.6. The van der Waals surface area contributed by atoms with Gasteiger partial charge in [-0.05, 0) is 31.9 Å². The molecule has 2 aliphatic rings. The number of amides is 2. The third-order valence-electron chi connectivity index (χ3n) is 4.93. The molecule has 2 aromatic heterocycles. The van der Waals surface area contributed by atoms with Crippen molar-refractivity contribution < 1.29 is 14.0 Å². The van der Waals surface area contributed by atoms with Crippen LogP contribution in [0.2, 0.25) is 0 Å². The third-order valence-corrected chi connectivity index (χ3v) is 5.78. The van der Waals surface area contributed by atoms with Crippen molar-refractivity contribution in [1.29, 1.82) is 0 Å². The zero-order valence-corrected chi connectivity index (χ0v) is 16.8. The van der Waals surface area contributed by atoms with Crippen molar-refractivity contribution >= 4 is 35.6 Å². The first kappa shape index (κ1) is 19.9. The summed E-state index contributed by atoms with van der Waals surface area (Å²) in [6, 6.07) is 3.86. The number of likely N-dealkylation sites (tertiary alicyclic amines) is 1. The standard InChI is InChI=1S/C18H22N4O3S.ClH/c1-12-4-5-15(25-12)17-20-14(11-26-17)18(24)21-7-2-3-13(10-21)22-8-6-19-9-16(22)23;/h4-5,11,13,19H,2-3,6-10H2,1H3;1H. The fraction of sp³-hybridized carbons (Fsp3) is 0.500. The van der Waals surface area contributed by atoms with Gasteiger partial charge in [-0.15, -0.1) is 23.7 Å². The molecule has 4 heterocycles. The second kappa shape index (κ2) is 8.41. The van der Waals surface area contributed by atoms with Gasteiger partial charge in [-0.2, -0.15) is 0 Å². The Morgan fingerprint density at radius 2 is 2.22 bits per heavy atom. The Labute approximate surface area is 168 Å². The Morgan fingerprint density at radius 3 is 2.96 bits per heavy atom. The molecule has 0 aliphatic carbocycles. The predicted molar refractivity (Wildman–Crippen MR) is 105 cm³/mol. The summed E-state index contributed by atoms with van der Waals surface area (Å²) >= 11 is 1.41. The maximum atomic E-state index is 12.9. The van der Waals surface area contributed by atoms with Gasteiger partial charge < -0.3 is 19.5 Å². The Kier molecular flexibility index (Phi) is 6.18. The van der Waals surface area contributed by atoms with E-state index in [4.69, 9.17) is 4.42 Å². The van der Waals surface area contributed by atoms with Crippen molar-refractivity contribution in [2.45, 2.75) is 25.8 Å². The lowest BCUT2D eigenvalue weighted by Crippen LogP contribution is -2.57. The summed E-state index contributed by atoms with van der Waals surface area (Å²) in [7, 11) is 0. The van der Waals surface area contributed by atoms with E-state index in [-0.39, 0.29) is 30.3 Å². The summed E-state index contributed by atoms with van der Waals surface area (Å²) in [4.78, 5) is 33.2. The number of nitrogens with zero attached hydrogens (tertiary/aromatic N) is 3. The lowest BCUT2D eigenvalue weighted by molar-refractivity contribution is -0.135. The predicted octanol–water partition coefficient (Wildman–Crippen LogP) is 2.17. The van der Waals surface area contributed by atoms with Crippen molar-refractivity contribution in [2.75, 3.05) is 32.7 Å². The number of carbonyl (C=O) groups excluding carboxylic acids is 2. The highest BCUT2D eigenvalue weighted by atomic mass is 35.5. The molecule has 9 heteroatoms. The molecule has 7 nitrogen and oxygen atoms in total. The van der Waals surface area contributed by atoms with Crippen molar-refractivity contribution in [3.05, 3.63) is 29.0 Å². The number of hydrogen-bond donors (Lipinski definition) is 1. The number of piperazine rings is 1. The van der Waals surface area contributed by atoms with Gasteiger partial charge in [0.15, 0.2) is 10.8 Å². The number of aryl methyl sites for hydroxylation is 1. The molecule has 0 saturated carbocycles. The Hall–Kier alpha value is -1.90. The van der Waals surface area contributed by atoms with Crippen LogP contribution in [-0.4, -0.2) is 65.4 Å². The number of aromatic nitrogens is 1. The summed E-state index contributed by atoms with van der Waals surface area (Å²) in [5.41, 5.74) is 0.450. The van der Waals surface area contributed by atoms with Crippen LogP contribution >= 0.6 is 23.7 Å². The normalized spacial score (nSPS) is 20.5. The van der Waals surface area contributed by atoms with Crippen LogP contribution in [-0.2, 0) is 4.79 Å². The maximum absolute atomic E-state index is 12.9. The molecule has 2 aromatic rings. The molecule has 146 valence electrons. The molecule has 0 aromatic carbocycles. The molecule has 2 fully saturated rings. The third kappa shape index (κ3) is 4.17. The number of halogens is 1. The van der Waals surface area contributed by atoms with Gasteiger partial charge in [0, 0.05) is 37.6 Å². The number of carbonyl (C=O) groups is 2. The summed E-state index contributed by atoms with van der Waals surface area (Å²) in [6.07, 6.45) is 1.85. The smallest absolute Gasteiger partial charge is 0.273 e. The lowest BCUT2D eigenvalue weighted by Gasteiger charge is -2.40. The second-order valence-electron chi connectivity index (χ2n) is 6.76. The molecule has 1 N–H and O–H groups in total. The molecule has 2 saturated heterocycles. The minimum atomic E-state index is -0.0666. The molecule has 2 aliphatic heterocycles. The monoisotopic (exact) mass is 410 g/mol. The van der Waals surface area contributed by atoms with Crippen LogP contribution in [0.25, 0.3) is 10.8 Å². The Bertz CT molecular complexity index is 821. The summed E-state index contributed by atoms with van der Waals surface area (Å²) in [5.74, 6) is 1.57. The quantitative estimate of drug-likeness (QED) is 0.838. The van der Waals surface area contributed by atoms with Crippen LogP contribution in [0.4, 0.5) is 0 Å². The molecular weight excluding hydrogens is 388 g/mol. The maximum Gasteiger partial charge on any atom is 0.273 e. The van der Waals surface area contributed by atoms with E-state index in [0.717, 1.165) is 25.1 Å². The van der Waals surface area contributed by atoms with E-state index in [1.54, 1.807) is 5.38 Å². The van der Waals surface area contributed by atoms with E-state index in [1.165, 1.54) is 11.3 Å². The van der Waals surface area contributed by atoms with E-state index in [9.17, 15) is 9.59 Å². The number of thiazole rings is 1. The van der Waals surface area contributed by atoms with Gasteiger partial charge in [-0.25, -0.2) is 4.98 Å². The van der Waals surface area contributed by atoms with Crippen LogP contribution < -0.4 is 5.32 Å². The topological polar surface area (TPSA) is 78.7 Å². The number of piperidine rings is 1.